The van der Waals surface area contributed by atoms with E-state index in [4.69, 9.17) is 10.3 Å². The summed E-state index contributed by atoms with van der Waals surface area (Å²) >= 11 is 0. The van der Waals surface area contributed by atoms with Crippen molar-refractivity contribution < 1.29 is 24.0 Å². The zero-order chi connectivity index (χ0) is 19.8. The van der Waals surface area contributed by atoms with E-state index in [9.17, 15) is 24.5 Å². The number of nitro benzene ring substituents is 1. The largest absolute Gasteiger partial charge is 0.460 e. The van der Waals surface area contributed by atoms with Crippen LogP contribution in [0.5, 0.6) is 0 Å². The Bertz CT molecular complexity index is 787. The molecule has 1 saturated heterocycles. The second-order valence-corrected chi connectivity index (χ2v) is 5.94. The molecule has 1 amide bonds. The Balaban J connectivity index is 1.68. The molecule has 1 unspecified atom stereocenters. The monoisotopic (exact) mass is 375 g/mol. The SMILES string of the molecule is [N-]=[N+]=NCCN1CC(CC(=O)CC(=O)OCc2ccc([N+](=O)[O-])cc2)C1=O. The van der Waals surface area contributed by atoms with Gasteiger partial charge in [-0.2, -0.15) is 0 Å². The highest BCUT2D eigenvalue weighted by Gasteiger charge is 2.37. The van der Waals surface area contributed by atoms with Gasteiger partial charge in [0, 0.05) is 43.1 Å². The van der Waals surface area contributed by atoms with Crippen LogP contribution in [0, 0.1) is 16.0 Å². The van der Waals surface area contributed by atoms with Gasteiger partial charge in [-0.3, -0.25) is 24.5 Å². The number of esters is 1. The van der Waals surface area contributed by atoms with Crippen LogP contribution in [0.15, 0.2) is 29.4 Å². The second-order valence-electron chi connectivity index (χ2n) is 5.94. The van der Waals surface area contributed by atoms with Crippen LogP contribution in [0.3, 0.4) is 0 Å². The van der Waals surface area contributed by atoms with Crippen LogP contribution >= 0.6 is 0 Å². The molecular formula is C16H17N5O6. The first-order valence-corrected chi connectivity index (χ1v) is 8.11. The van der Waals surface area contributed by atoms with Gasteiger partial charge in [0.2, 0.25) is 5.91 Å². The zero-order valence-corrected chi connectivity index (χ0v) is 14.3. The Morgan fingerprint density at radius 1 is 1.37 bits per heavy atom. The van der Waals surface area contributed by atoms with E-state index in [1.165, 1.54) is 29.2 Å². The Hall–Kier alpha value is -3.46. The van der Waals surface area contributed by atoms with E-state index in [0.29, 0.717) is 18.7 Å². The molecule has 0 bridgehead atoms. The maximum absolute atomic E-state index is 11.9. The number of nitro groups is 1. The number of ketones is 1. The standard InChI is InChI=1S/C16H17N5O6/c17-19-18-5-6-20-9-12(16(20)24)7-14(22)8-15(23)27-10-11-1-3-13(4-2-11)21(25)26/h1-4,12H,5-10H2. The van der Waals surface area contributed by atoms with Gasteiger partial charge in [-0.1, -0.05) is 5.11 Å². The van der Waals surface area contributed by atoms with Gasteiger partial charge in [0.25, 0.3) is 5.69 Å². The zero-order valence-electron chi connectivity index (χ0n) is 14.3. The number of ether oxygens (including phenoxy) is 1. The lowest BCUT2D eigenvalue weighted by Crippen LogP contribution is -2.53. The molecule has 0 N–H and O–H groups in total. The number of rotatable bonds is 10. The minimum atomic E-state index is -0.717. The third-order valence-electron chi connectivity index (χ3n) is 4.00. The molecule has 1 fully saturated rings. The number of amides is 1. The van der Waals surface area contributed by atoms with E-state index in [1.54, 1.807) is 0 Å². The highest BCUT2D eigenvalue weighted by molar-refractivity contribution is 5.98. The van der Waals surface area contributed by atoms with Crippen molar-refractivity contribution in [3.05, 3.63) is 50.4 Å². The molecular weight excluding hydrogens is 358 g/mol. The van der Waals surface area contributed by atoms with E-state index in [0.717, 1.165) is 0 Å². The van der Waals surface area contributed by atoms with E-state index in [2.05, 4.69) is 10.0 Å². The number of hydrogen-bond acceptors (Lipinski definition) is 7. The number of carbonyl (C=O) groups is 3. The molecule has 1 aromatic rings. The molecule has 2 rings (SSSR count). The minimum absolute atomic E-state index is 0.0382. The van der Waals surface area contributed by atoms with Crippen LogP contribution in [-0.4, -0.2) is 47.1 Å². The summed E-state index contributed by atoms with van der Waals surface area (Å²) in [5, 5.41) is 13.9. The summed E-state index contributed by atoms with van der Waals surface area (Å²) in [6.07, 6.45) is -0.473. The first-order chi connectivity index (χ1) is 12.9. The molecule has 11 heteroatoms. The minimum Gasteiger partial charge on any atom is -0.460 e. The Kier molecular flexibility index (Phi) is 6.84. The molecule has 1 aliphatic rings. The number of azide groups is 1. The van der Waals surface area contributed by atoms with Crippen LogP contribution < -0.4 is 0 Å². The van der Waals surface area contributed by atoms with Gasteiger partial charge in [0.1, 0.15) is 18.8 Å². The number of β-lactam (4-membered cyclic amide) rings is 1. The van der Waals surface area contributed by atoms with Gasteiger partial charge in [0.05, 0.1) is 10.8 Å². The van der Waals surface area contributed by atoms with Crippen LogP contribution in [0.4, 0.5) is 5.69 Å². The smallest absolute Gasteiger partial charge is 0.313 e. The number of Topliss-reactive ketones (excluding diaryl/α,β-unsaturated/α-hetero) is 1. The lowest BCUT2D eigenvalue weighted by Gasteiger charge is -2.37. The van der Waals surface area contributed by atoms with E-state index >= 15 is 0 Å². The van der Waals surface area contributed by atoms with Gasteiger partial charge in [0.15, 0.2) is 0 Å². The first kappa shape index (κ1) is 19.9. The average Bonchev–Trinajstić information content (AvgIpc) is 2.65. The molecule has 1 aromatic carbocycles. The van der Waals surface area contributed by atoms with Crippen molar-refractivity contribution in [1.82, 2.24) is 4.90 Å². The maximum atomic E-state index is 11.9. The molecule has 27 heavy (non-hydrogen) atoms. The molecule has 11 nitrogen and oxygen atoms in total. The highest BCUT2D eigenvalue weighted by Crippen LogP contribution is 2.21. The van der Waals surface area contributed by atoms with Crippen molar-refractivity contribution in [1.29, 1.82) is 0 Å². The van der Waals surface area contributed by atoms with Gasteiger partial charge < -0.3 is 9.64 Å². The summed E-state index contributed by atoms with van der Waals surface area (Å²) in [6, 6.07) is 5.52. The summed E-state index contributed by atoms with van der Waals surface area (Å²) in [5.74, 6) is -1.76. The van der Waals surface area contributed by atoms with Crippen LogP contribution in [0.1, 0.15) is 18.4 Å². The number of nitrogens with zero attached hydrogens (tertiary/aromatic N) is 5. The van der Waals surface area contributed by atoms with Crippen molar-refractivity contribution >= 4 is 23.3 Å². The topological polar surface area (TPSA) is 156 Å². The lowest BCUT2D eigenvalue weighted by atomic mass is 9.92. The maximum Gasteiger partial charge on any atom is 0.313 e. The van der Waals surface area contributed by atoms with Gasteiger partial charge in [-0.05, 0) is 23.2 Å². The Morgan fingerprint density at radius 3 is 2.67 bits per heavy atom. The van der Waals surface area contributed by atoms with Gasteiger partial charge >= 0.3 is 5.97 Å². The Morgan fingerprint density at radius 2 is 2.07 bits per heavy atom. The first-order valence-electron chi connectivity index (χ1n) is 8.11. The van der Waals surface area contributed by atoms with Crippen molar-refractivity contribution in [2.24, 2.45) is 11.0 Å². The van der Waals surface area contributed by atoms with Crippen molar-refractivity contribution in [2.75, 3.05) is 19.6 Å². The number of carbonyl (C=O) groups excluding carboxylic acids is 3. The molecule has 142 valence electrons. The van der Waals surface area contributed by atoms with Gasteiger partial charge in [-0.25, -0.2) is 0 Å². The number of hydrogen-bond donors (Lipinski definition) is 0. The van der Waals surface area contributed by atoms with Crippen LogP contribution in [-0.2, 0) is 25.7 Å². The fourth-order valence-electron chi connectivity index (χ4n) is 2.58. The molecule has 0 aromatic heterocycles. The summed E-state index contributed by atoms with van der Waals surface area (Å²) in [6.45, 7) is 0.783. The quantitative estimate of drug-likeness (QED) is 0.0886. The van der Waals surface area contributed by atoms with Crippen LogP contribution in [0.25, 0.3) is 10.4 Å². The third-order valence-corrected chi connectivity index (χ3v) is 4.00. The van der Waals surface area contributed by atoms with E-state index in [1.807, 2.05) is 0 Å². The second kappa shape index (κ2) is 9.30. The summed E-state index contributed by atoms with van der Waals surface area (Å²) < 4.78 is 4.97. The van der Waals surface area contributed by atoms with Gasteiger partial charge in [-0.15, -0.1) is 0 Å². The van der Waals surface area contributed by atoms with E-state index < -0.39 is 29.0 Å². The molecule has 0 spiro atoms. The van der Waals surface area contributed by atoms with Crippen molar-refractivity contribution in [2.45, 2.75) is 19.4 Å². The summed E-state index contributed by atoms with van der Waals surface area (Å²) in [4.78, 5) is 49.6. The van der Waals surface area contributed by atoms with Crippen LogP contribution in [0.2, 0.25) is 0 Å². The summed E-state index contributed by atoms with van der Waals surface area (Å²) in [7, 11) is 0. The average molecular weight is 375 g/mol. The molecule has 0 aliphatic carbocycles. The molecule has 0 radical (unpaired) electrons. The number of non-ortho nitro benzene ring substituents is 1. The van der Waals surface area contributed by atoms with E-state index in [-0.39, 0.29) is 31.2 Å². The molecule has 1 atom stereocenters. The Labute approximate surface area is 153 Å². The van der Waals surface area contributed by atoms with Crippen molar-refractivity contribution in [3.63, 3.8) is 0 Å². The third kappa shape index (κ3) is 5.79. The molecule has 1 aliphatic heterocycles. The number of likely N-dealkylation sites (tertiary alicyclic amines) is 1. The molecule has 1 heterocycles. The summed E-state index contributed by atoms with van der Waals surface area (Å²) in [5.41, 5.74) is 8.67. The molecule has 0 saturated carbocycles. The highest BCUT2D eigenvalue weighted by atomic mass is 16.6. The van der Waals surface area contributed by atoms with Crippen molar-refractivity contribution in [3.8, 4) is 0 Å². The fourth-order valence-corrected chi connectivity index (χ4v) is 2.58. The normalized spacial score (nSPS) is 15.5. The predicted molar refractivity (Wildman–Crippen MR) is 91.2 cm³/mol. The fraction of sp³-hybridized carbons (Fsp3) is 0.438. The lowest BCUT2D eigenvalue weighted by molar-refractivity contribution is -0.384. The number of benzene rings is 1. The predicted octanol–water partition coefficient (Wildman–Crippen LogP) is 1.76.